The molecular formula is C10H17N. The van der Waals surface area contributed by atoms with Crippen LogP contribution in [0.15, 0.2) is 29.4 Å². The van der Waals surface area contributed by atoms with Crippen molar-refractivity contribution in [2.75, 3.05) is 0 Å². The Morgan fingerprint density at radius 2 is 1.91 bits per heavy atom. The van der Waals surface area contributed by atoms with Gasteiger partial charge in [0.25, 0.3) is 0 Å². The second-order valence-corrected chi connectivity index (χ2v) is 2.95. The summed E-state index contributed by atoms with van der Waals surface area (Å²) in [6.45, 7) is 11.9. The summed E-state index contributed by atoms with van der Waals surface area (Å²) in [6.07, 6.45) is 3.66. The van der Waals surface area contributed by atoms with Gasteiger partial charge in [0.2, 0.25) is 0 Å². The van der Waals surface area contributed by atoms with Crippen LogP contribution in [0.3, 0.4) is 0 Å². The first kappa shape index (κ1) is 10.2. The van der Waals surface area contributed by atoms with E-state index in [9.17, 15) is 0 Å². The molecule has 0 aromatic rings. The zero-order chi connectivity index (χ0) is 8.85. The first-order valence-electron chi connectivity index (χ1n) is 3.92. The Hall–Kier alpha value is -0.850. The topological polar surface area (TPSA) is 12.4 Å². The Labute approximate surface area is 69.5 Å². The highest BCUT2D eigenvalue weighted by Crippen LogP contribution is 2.02. The standard InChI is InChI=1S/C10H17N/c1-6-7-9(4)11-10(5)8(2)3/h6-8H,1H2,2-5H3/b9-7-,11-10?. The van der Waals surface area contributed by atoms with Crippen molar-refractivity contribution in [2.45, 2.75) is 27.7 Å². The first-order valence-corrected chi connectivity index (χ1v) is 3.92. The van der Waals surface area contributed by atoms with Gasteiger partial charge in [0.1, 0.15) is 0 Å². The lowest BCUT2D eigenvalue weighted by molar-refractivity contribution is 0.875. The van der Waals surface area contributed by atoms with Gasteiger partial charge in [-0.3, -0.25) is 4.99 Å². The van der Waals surface area contributed by atoms with Gasteiger partial charge in [-0.2, -0.15) is 0 Å². The summed E-state index contributed by atoms with van der Waals surface area (Å²) in [5.74, 6) is 0.531. The molecule has 62 valence electrons. The van der Waals surface area contributed by atoms with Crippen molar-refractivity contribution in [1.82, 2.24) is 0 Å². The summed E-state index contributed by atoms with van der Waals surface area (Å²) >= 11 is 0. The molecule has 0 N–H and O–H groups in total. The van der Waals surface area contributed by atoms with Gasteiger partial charge in [0.15, 0.2) is 0 Å². The molecule has 0 saturated heterocycles. The molecule has 1 nitrogen and oxygen atoms in total. The van der Waals surface area contributed by atoms with Crippen molar-refractivity contribution < 1.29 is 0 Å². The van der Waals surface area contributed by atoms with Crippen molar-refractivity contribution in [3.05, 3.63) is 24.4 Å². The number of rotatable bonds is 3. The van der Waals surface area contributed by atoms with E-state index < -0.39 is 0 Å². The minimum Gasteiger partial charge on any atom is -0.263 e. The molecule has 0 aliphatic carbocycles. The SMILES string of the molecule is C=C/C=C(/C)N=C(C)C(C)C. The molecule has 0 rings (SSSR count). The molecule has 0 fully saturated rings. The lowest BCUT2D eigenvalue weighted by Gasteiger charge is -2.02. The molecule has 0 amide bonds. The maximum atomic E-state index is 4.37. The van der Waals surface area contributed by atoms with Crippen molar-refractivity contribution in [1.29, 1.82) is 0 Å². The average Bonchev–Trinajstić information content (AvgIpc) is 1.87. The van der Waals surface area contributed by atoms with E-state index in [1.807, 2.05) is 19.9 Å². The molecule has 11 heavy (non-hydrogen) atoms. The zero-order valence-electron chi connectivity index (χ0n) is 7.89. The predicted octanol–water partition coefficient (Wildman–Crippen LogP) is 3.19. The van der Waals surface area contributed by atoms with E-state index in [1.54, 1.807) is 6.08 Å². The van der Waals surface area contributed by atoms with Crippen LogP contribution in [-0.2, 0) is 0 Å². The average molecular weight is 151 g/mol. The Morgan fingerprint density at radius 3 is 2.27 bits per heavy atom. The largest absolute Gasteiger partial charge is 0.263 e. The van der Waals surface area contributed by atoms with Gasteiger partial charge in [-0.1, -0.05) is 26.5 Å². The molecule has 0 saturated carbocycles. The Kier molecular flexibility index (Phi) is 4.51. The van der Waals surface area contributed by atoms with Gasteiger partial charge < -0.3 is 0 Å². The smallest absolute Gasteiger partial charge is 0.0371 e. The molecule has 0 heterocycles. The predicted molar refractivity (Wildman–Crippen MR) is 51.9 cm³/mol. The van der Waals surface area contributed by atoms with Crippen LogP contribution in [0.4, 0.5) is 0 Å². The summed E-state index contributed by atoms with van der Waals surface area (Å²) in [7, 11) is 0. The molecule has 0 atom stereocenters. The Morgan fingerprint density at radius 1 is 1.36 bits per heavy atom. The minimum absolute atomic E-state index is 0.531. The highest BCUT2D eigenvalue weighted by Gasteiger charge is 1.96. The molecule has 0 unspecified atom stereocenters. The molecule has 0 bridgehead atoms. The van der Waals surface area contributed by atoms with Crippen LogP contribution < -0.4 is 0 Å². The third-order valence-electron chi connectivity index (χ3n) is 1.55. The number of nitrogens with zero attached hydrogens (tertiary/aromatic N) is 1. The van der Waals surface area contributed by atoms with Crippen LogP contribution in [0.5, 0.6) is 0 Å². The highest BCUT2D eigenvalue weighted by atomic mass is 14.7. The third kappa shape index (κ3) is 4.54. The fraction of sp³-hybridized carbons (Fsp3) is 0.500. The van der Waals surface area contributed by atoms with Crippen LogP contribution in [0.1, 0.15) is 27.7 Å². The normalized spacial score (nSPS) is 13.9. The maximum Gasteiger partial charge on any atom is 0.0371 e. The number of aliphatic imine (C=N–C) groups is 1. The van der Waals surface area contributed by atoms with Crippen molar-refractivity contribution in [2.24, 2.45) is 10.9 Å². The maximum absolute atomic E-state index is 4.37. The summed E-state index contributed by atoms with van der Waals surface area (Å²) < 4.78 is 0. The fourth-order valence-electron chi connectivity index (χ4n) is 0.615. The van der Waals surface area contributed by atoms with E-state index in [1.165, 1.54) is 5.71 Å². The van der Waals surface area contributed by atoms with Gasteiger partial charge in [-0.25, -0.2) is 0 Å². The zero-order valence-corrected chi connectivity index (χ0v) is 7.89. The van der Waals surface area contributed by atoms with Crippen LogP contribution in [0.2, 0.25) is 0 Å². The van der Waals surface area contributed by atoms with E-state index in [4.69, 9.17) is 0 Å². The van der Waals surface area contributed by atoms with E-state index in [-0.39, 0.29) is 0 Å². The van der Waals surface area contributed by atoms with Crippen LogP contribution in [0, 0.1) is 5.92 Å². The summed E-state index contributed by atoms with van der Waals surface area (Å²) in [5, 5.41) is 0. The van der Waals surface area contributed by atoms with Gasteiger partial charge in [-0.15, -0.1) is 0 Å². The molecule has 1 heteroatoms. The Balaban J connectivity index is 4.30. The summed E-state index contributed by atoms with van der Waals surface area (Å²) in [5.41, 5.74) is 2.19. The van der Waals surface area contributed by atoms with Crippen molar-refractivity contribution in [3.8, 4) is 0 Å². The molecule has 0 aliphatic heterocycles. The highest BCUT2D eigenvalue weighted by molar-refractivity contribution is 5.84. The number of hydrogen-bond donors (Lipinski definition) is 0. The lowest BCUT2D eigenvalue weighted by atomic mass is 10.1. The number of allylic oxidation sites excluding steroid dienone is 3. The first-order chi connectivity index (χ1) is 5.07. The second-order valence-electron chi connectivity index (χ2n) is 2.95. The molecule has 0 aromatic carbocycles. The van der Waals surface area contributed by atoms with Gasteiger partial charge in [-0.05, 0) is 25.8 Å². The van der Waals surface area contributed by atoms with E-state index >= 15 is 0 Å². The quantitative estimate of drug-likeness (QED) is 0.434. The molecule has 0 radical (unpaired) electrons. The van der Waals surface area contributed by atoms with Crippen LogP contribution in [-0.4, -0.2) is 5.71 Å². The van der Waals surface area contributed by atoms with Gasteiger partial charge in [0.05, 0.1) is 0 Å². The molecule has 0 spiro atoms. The van der Waals surface area contributed by atoms with Crippen molar-refractivity contribution in [3.63, 3.8) is 0 Å². The second kappa shape index (κ2) is 4.89. The van der Waals surface area contributed by atoms with Crippen molar-refractivity contribution >= 4 is 5.71 Å². The molecular weight excluding hydrogens is 134 g/mol. The van der Waals surface area contributed by atoms with Crippen LogP contribution >= 0.6 is 0 Å². The Bertz CT molecular complexity index is 185. The van der Waals surface area contributed by atoms with Gasteiger partial charge >= 0.3 is 0 Å². The summed E-state index contributed by atoms with van der Waals surface area (Å²) in [4.78, 5) is 4.37. The van der Waals surface area contributed by atoms with E-state index in [0.717, 1.165) is 5.70 Å². The molecule has 0 aromatic heterocycles. The summed E-state index contributed by atoms with van der Waals surface area (Å²) in [6, 6.07) is 0. The van der Waals surface area contributed by atoms with Crippen LogP contribution in [0.25, 0.3) is 0 Å². The van der Waals surface area contributed by atoms with Gasteiger partial charge in [0, 0.05) is 11.4 Å². The third-order valence-corrected chi connectivity index (χ3v) is 1.55. The fourth-order valence-corrected chi connectivity index (χ4v) is 0.615. The number of hydrogen-bond acceptors (Lipinski definition) is 1. The van der Waals surface area contributed by atoms with E-state index in [2.05, 4.69) is 25.4 Å². The minimum atomic E-state index is 0.531. The lowest BCUT2D eigenvalue weighted by Crippen LogP contribution is -2.01. The molecule has 0 aliphatic rings. The van der Waals surface area contributed by atoms with E-state index in [0.29, 0.717) is 5.92 Å². The monoisotopic (exact) mass is 151 g/mol.